The van der Waals surface area contributed by atoms with Gasteiger partial charge in [-0.15, -0.1) is 0 Å². The van der Waals surface area contributed by atoms with E-state index in [2.05, 4.69) is 25.7 Å². The van der Waals surface area contributed by atoms with E-state index in [0.717, 1.165) is 54.8 Å². The van der Waals surface area contributed by atoms with Gasteiger partial charge in [-0.05, 0) is 35.9 Å². The highest BCUT2D eigenvalue weighted by Crippen LogP contribution is 2.36. The Balaban J connectivity index is 1.31. The van der Waals surface area contributed by atoms with E-state index in [-0.39, 0.29) is 5.91 Å². The summed E-state index contributed by atoms with van der Waals surface area (Å²) in [6.45, 7) is 5.67. The highest BCUT2D eigenvalue weighted by atomic mass is 16.6. The second kappa shape index (κ2) is 9.96. The van der Waals surface area contributed by atoms with Crippen molar-refractivity contribution in [3.05, 3.63) is 72.2 Å². The summed E-state index contributed by atoms with van der Waals surface area (Å²) in [6.07, 6.45) is 3.19. The number of carbonyl (C=O) groups excluding carboxylic acids is 1. The maximum Gasteiger partial charge on any atom is 0.252 e. The average molecular weight is 485 g/mol. The second-order valence-electron chi connectivity index (χ2n) is 9.03. The molecule has 0 bridgehead atoms. The summed E-state index contributed by atoms with van der Waals surface area (Å²) in [6, 6.07) is 15.3. The van der Waals surface area contributed by atoms with Crippen LogP contribution in [0.3, 0.4) is 0 Å². The summed E-state index contributed by atoms with van der Waals surface area (Å²) in [5.41, 5.74) is 3.89. The fourth-order valence-electron chi connectivity index (χ4n) is 4.71. The molecule has 9 nitrogen and oxygen atoms in total. The number of nitrogens with one attached hydrogen (secondary N) is 3. The van der Waals surface area contributed by atoms with Crippen LogP contribution in [0, 0.1) is 0 Å². The number of amides is 1. The van der Waals surface area contributed by atoms with Crippen molar-refractivity contribution in [2.75, 3.05) is 45.9 Å². The highest BCUT2D eigenvalue weighted by Gasteiger charge is 2.26. The molecule has 0 saturated carbocycles. The Morgan fingerprint density at radius 3 is 2.78 bits per heavy atom. The SMILES string of the molecule is O=C(NCCN1CCNCC1)c1cc(C2COc3ccccc3O2)nc2ccc(-c3cn[nH]c3)cc12. The molecule has 2 aliphatic heterocycles. The largest absolute Gasteiger partial charge is 0.485 e. The van der Waals surface area contributed by atoms with Crippen LogP contribution in [0.1, 0.15) is 22.2 Å². The molecule has 2 aromatic carbocycles. The Labute approximate surface area is 208 Å². The summed E-state index contributed by atoms with van der Waals surface area (Å²) in [4.78, 5) is 20.7. The third-order valence-corrected chi connectivity index (χ3v) is 6.67. The van der Waals surface area contributed by atoms with Gasteiger partial charge in [-0.3, -0.25) is 14.8 Å². The van der Waals surface area contributed by atoms with Gasteiger partial charge in [-0.1, -0.05) is 18.2 Å². The van der Waals surface area contributed by atoms with Crippen LogP contribution in [-0.2, 0) is 0 Å². The van der Waals surface area contributed by atoms with E-state index in [1.807, 2.05) is 54.7 Å². The summed E-state index contributed by atoms with van der Waals surface area (Å²) in [5, 5.41) is 14.2. The number of nitrogens with zero attached hydrogens (tertiary/aromatic N) is 3. The number of hydrogen-bond acceptors (Lipinski definition) is 7. The van der Waals surface area contributed by atoms with Gasteiger partial charge >= 0.3 is 0 Å². The molecular weight excluding hydrogens is 456 g/mol. The average Bonchev–Trinajstić information content (AvgIpc) is 3.48. The van der Waals surface area contributed by atoms with E-state index in [9.17, 15) is 4.79 Å². The van der Waals surface area contributed by atoms with Gasteiger partial charge in [0.05, 0.1) is 23.0 Å². The number of ether oxygens (including phenoxy) is 2. The van der Waals surface area contributed by atoms with Gasteiger partial charge in [0.15, 0.2) is 17.6 Å². The molecule has 3 N–H and O–H groups in total. The monoisotopic (exact) mass is 484 g/mol. The predicted octanol–water partition coefficient (Wildman–Crippen LogP) is 2.77. The van der Waals surface area contributed by atoms with Gasteiger partial charge in [0.1, 0.15) is 6.61 Å². The van der Waals surface area contributed by atoms with Gasteiger partial charge < -0.3 is 20.1 Å². The lowest BCUT2D eigenvalue weighted by molar-refractivity contribution is 0.0880. The van der Waals surface area contributed by atoms with Crippen LogP contribution in [0.2, 0.25) is 0 Å². The van der Waals surface area contributed by atoms with Crippen molar-refractivity contribution in [1.29, 1.82) is 0 Å². The Morgan fingerprint density at radius 1 is 1.08 bits per heavy atom. The van der Waals surface area contributed by atoms with Gasteiger partial charge in [-0.2, -0.15) is 5.10 Å². The number of pyridine rings is 1. The molecule has 0 aliphatic carbocycles. The zero-order valence-corrected chi connectivity index (χ0v) is 19.9. The maximum atomic E-state index is 13.5. The Bertz CT molecular complexity index is 1370. The maximum absolute atomic E-state index is 13.5. The minimum absolute atomic E-state index is 0.125. The summed E-state index contributed by atoms with van der Waals surface area (Å²) < 4.78 is 12.1. The molecule has 0 spiro atoms. The first-order valence-electron chi connectivity index (χ1n) is 12.3. The van der Waals surface area contributed by atoms with E-state index in [0.29, 0.717) is 35.9 Å². The minimum Gasteiger partial charge on any atom is -0.485 e. The van der Waals surface area contributed by atoms with Crippen molar-refractivity contribution in [2.45, 2.75) is 6.10 Å². The molecule has 1 saturated heterocycles. The molecule has 1 unspecified atom stereocenters. The molecule has 2 aliphatic rings. The molecule has 0 radical (unpaired) electrons. The van der Waals surface area contributed by atoms with Crippen molar-refractivity contribution in [3.8, 4) is 22.6 Å². The Hall–Kier alpha value is -3.95. The molecule has 6 rings (SSSR count). The lowest BCUT2D eigenvalue weighted by Gasteiger charge is -2.27. The standard InChI is InChI=1S/C27H28N6O3/c34-27(29-9-12-33-10-7-28-8-11-33)21-14-23(26-17-35-24-3-1-2-4-25(24)36-26)32-22-6-5-18(13-20(21)22)19-15-30-31-16-19/h1-6,13-16,26,28H,7-12,17H2,(H,29,34)(H,30,31). The molecule has 9 heteroatoms. The Morgan fingerprint density at radius 2 is 1.94 bits per heavy atom. The summed E-state index contributed by atoms with van der Waals surface area (Å²) in [5.74, 6) is 1.26. The molecule has 184 valence electrons. The lowest BCUT2D eigenvalue weighted by atomic mass is 10.0. The van der Waals surface area contributed by atoms with E-state index in [4.69, 9.17) is 14.5 Å². The zero-order chi connectivity index (χ0) is 24.3. The van der Waals surface area contributed by atoms with Gasteiger partial charge in [0.2, 0.25) is 0 Å². The lowest BCUT2D eigenvalue weighted by Crippen LogP contribution is -2.46. The number of hydrogen-bond donors (Lipinski definition) is 3. The number of benzene rings is 2. The van der Waals surface area contributed by atoms with E-state index >= 15 is 0 Å². The van der Waals surface area contributed by atoms with Crippen molar-refractivity contribution < 1.29 is 14.3 Å². The van der Waals surface area contributed by atoms with E-state index < -0.39 is 6.10 Å². The molecule has 1 amide bonds. The number of H-pyrrole nitrogens is 1. The van der Waals surface area contributed by atoms with Crippen LogP contribution in [0.5, 0.6) is 11.5 Å². The quantitative estimate of drug-likeness (QED) is 0.387. The van der Waals surface area contributed by atoms with Crippen molar-refractivity contribution in [1.82, 2.24) is 30.7 Å². The molecular formula is C27H28N6O3. The third-order valence-electron chi connectivity index (χ3n) is 6.67. The molecule has 4 aromatic rings. The Kier molecular flexibility index (Phi) is 6.23. The summed E-state index contributed by atoms with van der Waals surface area (Å²) >= 11 is 0. The highest BCUT2D eigenvalue weighted by molar-refractivity contribution is 6.07. The third kappa shape index (κ3) is 4.62. The first-order valence-corrected chi connectivity index (χ1v) is 12.3. The second-order valence-corrected chi connectivity index (χ2v) is 9.03. The van der Waals surface area contributed by atoms with Crippen LogP contribution in [0.25, 0.3) is 22.0 Å². The molecule has 2 aromatic heterocycles. The van der Waals surface area contributed by atoms with Crippen molar-refractivity contribution in [2.24, 2.45) is 0 Å². The number of para-hydroxylation sites is 2. The number of fused-ring (bicyclic) bond motifs is 2. The van der Waals surface area contributed by atoms with Crippen molar-refractivity contribution in [3.63, 3.8) is 0 Å². The van der Waals surface area contributed by atoms with Gasteiger partial charge in [-0.25, -0.2) is 4.98 Å². The number of carbonyl (C=O) groups is 1. The molecule has 4 heterocycles. The fraction of sp³-hybridized carbons (Fsp3) is 0.296. The first kappa shape index (κ1) is 22.5. The molecule has 36 heavy (non-hydrogen) atoms. The van der Waals surface area contributed by atoms with Gasteiger partial charge in [0, 0.05) is 56.4 Å². The topological polar surface area (TPSA) is 104 Å². The smallest absolute Gasteiger partial charge is 0.252 e. The zero-order valence-electron chi connectivity index (χ0n) is 19.9. The first-order chi connectivity index (χ1) is 17.7. The molecule has 1 fully saturated rings. The number of piperazine rings is 1. The van der Waals surface area contributed by atoms with Crippen molar-refractivity contribution >= 4 is 16.8 Å². The molecule has 1 atom stereocenters. The summed E-state index contributed by atoms with van der Waals surface area (Å²) in [7, 11) is 0. The van der Waals surface area contributed by atoms with Crippen LogP contribution in [0.4, 0.5) is 0 Å². The van der Waals surface area contributed by atoms with Gasteiger partial charge in [0.25, 0.3) is 5.91 Å². The van der Waals surface area contributed by atoms with E-state index in [1.54, 1.807) is 6.20 Å². The number of rotatable bonds is 6. The fourth-order valence-corrected chi connectivity index (χ4v) is 4.71. The van der Waals surface area contributed by atoms with Crippen LogP contribution < -0.4 is 20.1 Å². The minimum atomic E-state index is -0.412. The van der Waals surface area contributed by atoms with Crippen LogP contribution >= 0.6 is 0 Å². The number of aromatic amines is 1. The predicted molar refractivity (Wildman–Crippen MR) is 136 cm³/mol. The number of aromatic nitrogens is 3. The van der Waals surface area contributed by atoms with Crippen LogP contribution in [-0.4, -0.2) is 71.9 Å². The van der Waals surface area contributed by atoms with E-state index in [1.165, 1.54) is 0 Å². The van der Waals surface area contributed by atoms with Crippen LogP contribution in [0.15, 0.2) is 60.9 Å². The normalized spacial score (nSPS) is 17.7.